The van der Waals surface area contributed by atoms with Gasteiger partial charge in [0, 0.05) is 17.8 Å². The van der Waals surface area contributed by atoms with E-state index in [2.05, 4.69) is 35.5 Å². The minimum absolute atomic E-state index is 0.270. The molecule has 0 saturated carbocycles. The van der Waals surface area contributed by atoms with Gasteiger partial charge in [-0.05, 0) is 49.1 Å². The maximum absolute atomic E-state index is 14.8. The fourth-order valence-electron chi connectivity index (χ4n) is 3.51. The molecule has 4 aromatic rings. The topological polar surface area (TPSA) is 29.9 Å². The van der Waals surface area contributed by atoms with Gasteiger partial charge in [-0.3, -0.25) is 0 Å². The van der Waals surface area contributed by atoms with E-state index in [-0.39, 0.29) is 5.82 Å². The molecule has 4 heteroatoms. The number of hydrogen-bond acceptors (Lipinski definition) is 2. The molecule has 1 aromatic carbocycles. The molecule has 0 saturated heterocycles. The predicted octanol–water partition coefficient (Wildman–Crippen LogP) is 5.35. The Morgan fingerprint density at radius 3 is 2.62 bits per heavy atom. The molecule has 0 atom stereocenters. The number of aromatic nitrogens is 2. The van der Waals surface area contributed by atoms with E-state index in [9.17, 15) is 4.39 Å². The van der Waals surface area contributed by atoms with Gasteiger partial charge in [-0.2, -0.15) is 0 Å². The molecule has 0 amide bonds. The van der Waals surface area contributed by atoms with Crippen LogP contribution in [0.5, 0.6) is 0 Å². The van der Waals surface area contributed by atoms with Crippen molar-refractivity contribution < 1.29 is 13.4 Å². The number of fused-ring (bicyclic) bond motifs is 3. The Hall–Kier alpha value is -2.75. The molecular formula is C22H22FN2O+. The first-order valence-corrected chi connectivity index (χ1v) is 8.85. The number of furan rings is 1. The van der Waals surface area contributed by atoms with Crippen molar-refractivity contribution in [1.29, 1.82) is 0 Å². The second kappa shape index (κ2) is 5.90. The van der Waals surface area contributed by atoms with Crippen molar-refractivity contribution in [1.82, 2.24) is 4.98 Å². The fraction of sp³-hybridized carbons (Fsp3) is 0.273. The molecule has 0 aliphatic heterocycles. The Bertz CT molecular complexity index is 1160. The highest BCUT2D eigenvalue weighted by molar-refractivity contribution is 6.09. The summed E-state index contributed by atoms with van der Waals surface area (Å²) >= 11 is 0. The van der Waals surface area contributed by atoms with Crippen LogP contribution >= 0.6 is 0 Å². The minimum Gasteiger partial charge on any atom is -0.437 e. The van der Waals surface area contributed by atoms with Gasteiger partial charge in [0.1, 0.15) is 12.9 Å². The van der Waals surface area contributed by atoms with Gasteiger partial charge in [-0.25, -0.2) is 13.9 Å². The molecule has 0 radical (unpaired) electrons. The van der Waals surface area contributed by atoms with E-state index in [1.165, 1.54) is 5.56 Å². The van der Waals surface area contributed by atoms with Crippen LogP contribution in [0.3, 0.4) is 0 Å². The van der Waals surface area contributed by atoms with Crippen LogP contribution in [0.25, 0.3) is 33.3 Å². The van der Waals surface area contributed by atoms with Crippen molar-refractivity contribution in [3.63, 3.8) is 0 Å². The lowest BCUT2D eigenvalue weighted by Crippen LogP contribution is -2.31. The Kier molecular flexibility index (Phi) is 3.79. The summed E-state index contributed by atoms with van der Waals surface area (Å²) in [4.78, 5) is 4.45. The second-order valence-corrected chi connectivity index (χ2v) is 7.27. The smallest absolute Gasteiger partial charge is 0.227 e. The summed E-state index contributed by atoms with van der Waals surface area (Å²) in [6.07, 6.45) is 2.05. The van der Waals surface area contributed by atoms with Gasteiger partial charge in [-0.1, -0.05) is 13.8 Å². The molecule has 26 heavy (non-hydrogen) atoms. The van der Waals surface area contributed by atoms with Crippen LogP contribution in [0, 0.1) is 19.7 Å². The van der Waals surface area contributed by atoms with E-state index in [4.69, 9.17) is 4.42 Å². The predicted molar refractivity (Wildman–Crippen MR) is 102 cm³/mol. The van der Waals surface area contributed by atoms with Crippen LogP contribution in [-0.4, -0.2) is 4.98 Å². The molecule has 4 rings (SSSR count). The van der Waals surface area contributed by atoms with Crippen LogP contribution in [0.4, 0.5) is 4.39 Å². The van der Waals surface area contributed by atoms with Gasteiger partial charge in [-0.15, -0.1) is 0 Å². The number of hydrogen-bond donors (Lipinski definition) is 0. The van der Waals surface area contributed by atoms with Crippen LogP contribution in [0.15, 0.2) is 40.9 Å². The molecular weight excluding hydrogens is 327 g/mol. The summed E-state index contributed by atoms with van der Waals surface area (Å²) in [5.74, 6) is 0.138. The summed E-state index contributed by atoms with van der Waals surface area (Å²) in [5.41, 5.74) is 5.90. The van der Waals surface area contributed by atoms with Crippen molar-refractivity contribution in [2.45, 2.75) is 33.6 Å². The lowest BCUT2D eigenvalue weighted by atomic mass is 9.97. The van der Waals surface area contributed by atoms with Gasteiger partial charge in [0.25, 0.3) is 0 Å². The Labute approximate surface area is 152 Å². The first kappa shape index (κ1) is 16.7. The molecule has 3 nitrogen and oxygen atoms in total. The molecule has 0 aliphatic rings. The number of rotatable bonds is 2. The molecule has 0 N–H and O–H groups in total. The Morgan fingerprint density at radius 2 is 1.88 bits per heavy atom. The summed E-state index contributed by atoms with van der Waals surface area (Å²) in [7, 11) is 2.00. The van der Waals surface area contributed by atoms with Crippen LogP contribution in [-0.2, 0) is 7.05 Å². The third-order valence-corrected chi connectivity index (χ3v) is 4.99. The zero-order chi connectivity index (χ0) is 18.6. The minimum atomic E-state index is -0.270. The van der Waals surface area contributed by atoms with Crippen molar-refractivity contribution in [2.24, 2.45) is 7.05 Å². The van der Waals surface area contributed by atoms with Gasteiger partial charge in [0.2, 0.25) is 11.4 Å². The zero-order valence-electron chi connectivity index (χ0n) is 15.7. The first-order chi connectivity index (χ1) is 12.4. The third kappa shape index (κ3) is 2.48. The number of aryl methyl sites for hydroxylation is 3. The van der Waals surface area contributed by atoms with Crippen molar-refractivity contribution in [2.75, 3.05) is 0 Å². The molecule has 0 spiro atoms. The lowest BCUT2D eigenvalue weighted by Gasteiger charge is -2.09. The molecule has 0 bridgehead atoms. The monoisotopic (exact) mass is 349 g/mol. The number of pyridine rings is 2. The lowest BCUT2D eigenvalue weighted by molar-refractivity contribution is -0.660. The van der Waals surface area contributed by atoms with Gasteiger partial charge in [0.05, 0.1) is 16.3 Å². The molecule has 0 unspecified atom stereocenters. The van der Waals surface area contributed by atoms with Gasteiger partial charge < -0.3 is 4.42 Å². The van der Waals surface area contributed by atoms with E-state index in [0.717, 1.165) is 22.5 Å². The fourth-order valence-corrected chi connectivity index (χ4v) is 3.51. The van der Waals surface area contributed by atoms with E-state index < -0.39 is 0 Å². The van der Waals surface area contributed by atoms with E-state index >= 15 is 0 Å². The standard InChI is InChI=1S/C22H22FN2O/c1-12(2)15-8-9-25(5)18(11-15)19-13(3)10-17(23)20-16-7-6-14(4)24-22(16)26-21(19)20/h6-12H,1-5H3/q+1. The van der Waals surface area contributed by atoms with E-state index in [0.29, 0.717) is 28.0 Å². The summed E-state index contributed by atoms with van der Waals surface area (Å²) in [6.45, 7) is 8.16. The Morgan fingerprint density at radius 1 is 1.12 bits per heavy atom. The van der Waals surface area contributed by atoms with Gasteiger partial charge >= 0.3 is 0 Å². The molecule has 132 valence electrons. The van der Waals surface area contributed by atoms with E-state index in [1.54, 1.807) is 6.07 Å². The second-order valence-electron chi connectivity index (χ2n) is 7.27. The Balaban J connectivity index is 2.14. The highest BCUT2D eigenvalue weighted by Gasteiger charge is 2.24. The van der Waals surface area contributed by atoms with Crippen molar-refractivity contribution in [3.8, 4) is 11.3 Å². The average Bonchev–Trinajstić information content (AvgIpc) is 2.94. The number of halogens is 1. The largest absolute Gasteiger partial charge is 0.437 e. The molecule has 3 heterocycles. The highest BCUT2D eigenvalue weighted by atomic mass is 19.1. The molecule has 0 aliphatic carbocycles. The highest BCUT2D eigenvalue weighted by Crippen LogP contribution is 2.38. The zero-order valence-corrected chi connectivity index (χ0v) is 15.7. The van der Waals surface area contributed by atoms with Crippen LogP contribution in [0.2, 0.25) is 0 Å². The van der Waals surface area contributed by atoms with Crippen molar-refractivity contribution in [3.05, 3.63) is 59.2 Å². The quantitative estimate of drug-likeness (QED) is 0.457. The first-order valence-electron chi connectivity index (χ1n) is 8.85. The van der Waals surface area contributed by atoms with E-state index in [1.807, 2.05) is 39.2 Å². The number of nitrogens with zero attached hydrogens (tertiary/aromatic N) is 2. The van der Waals surface area contributed by atoms with Crippen molar-refractivity contribution >= 4 is 22.1 Å². The average molecular weight is 349 g/mol. The molecule has 0 fully saturated rings. The summed E-state index contributed by atoms with van der Waals surface area (Å²) in [6, 6.07) is 9.64. The maximum atomic E-state index is 14.8. The maximum Gasteiger partial charge on any atom is 0.227 e. The van der Waals surface area contributed by atoms with Crippen LogP contribution < -0.4 is 4.57 Å². The normalized spacial score (nSPS) is 11.8. The summed E-state index contributed by atoms with van der Waals surface area (Å²) < 4.78 is 22.9. The van der Waals surface area contributed by atoms with Gasteiger partial charge in [0.15, 0.2) is 11.8 Å². The third-order valence-electron chi connectivity index (χ3n) is 4.99. The summed E-state index contributed by atoms with van der Waals surface area (Å²) in [5, 5.41) is 1.22. The van der Waals surface area contributed by atoms with Crippen LogP contribution in [0.1, 0.15) is 36.6 Å². The molecule has 3 aromatic heterocycles. The number of benzene rings is 1. The SMILES string of the molecule is Cc1ccc2c(n1)oc1c(-c3cc(C(C)C)cc[n+]3C)c(C)cc(F)c12.